The summed E-state index contributed by atoms with van der Waals surface area (Å²) in [5.74, 6) is -2.12. The summed E-state index contributed by atoms with van der Waals surface area (Å²) in [5, 5.41) is 18.5. The fourth-order valence-corrected chi connectivity index (χ4v) is 6.11. The standard InChI is InChI=1S/C21H21FN2O4S.C8H8O2/c22-14-5-8-16(9-6-14)29(27,28)23-15-7-10-20-18(13-15)17-3-1-2-4-19(17)24(20)12-11-21(25)26;9-8(10)6-7-4-2-1-3-5-7/h1-6,8-9,15,23H,7,10-13H2,(H,25,26);1-5H,6H2,(H,9,10)/t15-;/m1./s1. The smallest absolute Gasteiger partial charge is 0.307 e. The van der Waals surface area contributed by atoms with Crippen LogP contribution in [-0.2, 0) is 45.4 Å². The number of carbonyl (C=O) groups is 2. The van der Waals surface area contributed by atoms with Crippen molar-refractivity contribution >= 4 is 32.9 Å². The largest absolute Gasteiger partial charge is 0.481 e. The Balaban J connectivity index is 0.000000298. The van der Waals surface area contributed by atoms with Gasteiger partial charge < -0.3 is 14.8 Å². The molecule has 1 aromatic heterocycles. The average molecular weight is 553 g/mol. The summed E-state index contributed by atoms with van der Waals surface area (Å²) < 4.78 is 43.2. The molecule has 5 rings (SSSR count). The van der Waals surface area contributed by atoms with Crippen LogP contribution < -0.4 is 4.72 Å². The number of halogens is 1. The number of para-hydroxylation sites is 1. The van der Waals surface area contributed by atoms with E-state index in [0.717, 1.165) is 39.9 Å². The Labute approximate surface area is 225 Å². The van der Waals surface area contributed by atoms with E-state index in [9.17, 15) is 22.4 Å². The first-order chi connectivity index (χ1) is 18.6. The van der Waals surface area contributed by atoms with Crippen molar-refractivity contribution < 1.29 is 32.6 Å². The van der Waals surface area contributed by atoms with Crippen molar-refractivity contribution in [3.8, 4) is 0 Å². The molecule has 0 aliphatic heterocycles. The molecular weight excluding hydrogens is 523 g/mol. The lowest BCUT2D eigenvalue weighted by Crippen LogP contribution is -2.39. The third-order valence-electron chi connectivity index (χ3n) is 6.57. The summed E-state index contributed by atoms with van der Waals surface area (Å²) in [6.45, 7) is 0.386. The van der Waals surface area contributed by atoms with E-state index in [1.807, 2.05) is 47.0 Å². The molecule has 10 heteroatoms. The number of nitrogens with one attached hydrogen (secondary N) is 1. The fourth-order valence-electron chi connectivity index (χ4n) is 4.84. The van der Waals surface area contributed by atoms with Crippen LogP contribution >= 0.6 is 0 Å². The second-order valence-corrected chi connectivity index (χ2v) is 11.0. The van der Waals surface area contributed by atoms with Crippen molar-refractivity contribution in [2.75, 3.05) is 0 Å². The lowest BCUT2D eigenvalue weighted by atomic mass is 9.92. The maximum atomic E-state index is 13.1. The Morgan fingerprint density at radius 3 is 2.26 bits per heavy atom. The van der Waals surface area contributed by atoms with E-state index in [1.54, 1.807) is 12.1 Å². The number of benzene rings is 3. The number of sulfonamides is 1. The van der Waals surface area contributed by atoms with E-state index in [4.69, 9.17) is 10.2 Å². The van der Waals surface area contributed by atoms with Gasteiger partial charge in [0, 0.05) is 29.2 Å². The zero-order valence-electron chi connectivity index (χ0n) is 21.1. The van der Waals surface area contributed by atoms with Gasteiger partial charge in [0.25, 0.3) is 0 Å². The van der Waals surface area contributed by atoms with Gasteiger partial charge in [0.2, 0.25) is 10.0 Å². The van der Waals surface area contributed by atoms with Crippen molar-refractivity contribution in [1.82, 2.24) is 9.29 Å². The minimum absolute atomic E-state index is 0.0335. The molecule has 0 bridgehead atoms. The summed E-state index contributed by atoms with van der Waals surface area (Å²) in [4.78, 5) is 21.3. The second-order valence-electron chi connectivity index (χ2n) is 9.31. The maximum absolute atomic E-state index is 13.1. The van der Waals surface area contributed by atoms with Crippen LogP contribution in [0.2, 0.25) is 0 Å². The third kappa shape index (κ3) is 7.10. The van der Waals surface area contributed by atoms with Gasteiger partial charge in [-0.1, -0.05) is 48.5 Å². The number of aliphatic carboxylic acids is 2. The SMILES string of the molecule is O=C(O)CCn1c2c(c3ccccc31)C[C@H](NS(=O)(=O)c1ccc(F)cc1)CC2.O=C(O)Cc1ccccc1. The summed E-state index contributed by atoms with van der Waals surface area (Å²) >= 11 is 0. The van der Waals surface area contributed by atoms with E-state index in [2.05, 4.69) is 4.72 Å². The quantitative estimate of drug-likeness (QED) is 0.297. The predicted octanol–water partition coefficient (Wildman–Crippen LogP) is 4.40. The number of carboxylic acids is 2. The molecule has 1 atom stereocenters. The highest BCUT2D eigenvalue weighted by Crippen LogP contribution is 2.33. The predicted molar refractivity (Wildman–Crippen MR) is 145 cm³/mol. The van der Waals surface area contributed by atoms with Gasteiger partial charge in [0.15, 0.2) is 0 Å². The van der Waals surface area contributed by atoms with Crippen LogP contribution in [-0.4, -0.2) is 41.2 Å². The summed E-state index contributed by atoms with van der Waals surface area (Å²) in [7, 11) is -3.75. The van der Waals surface area contributed by atoms with Gasteiger partial charge in [-0.2, -0.15) is 0 Å². The van der Waals surface area contributed by atoms with E-state index in [-0.39, 0.29) is 23.8 Å². The summed E-state index contributed by atoms with van der Waals surface area (Å²) in [6, 6.07) is 21.4. The molecule has 3 N–H and O–H groups in total. The van der Waals surface area contributed by atoms with Gasteiger partial charge >= 0.3 is 11.9 Å². The minimum Gasteiger partial charge on any atom is -0.481 e. The number of carboxylic acid groups (broad SMARTS) is 2. The minimum atomic E-state index is -3.75. The lowest BCUT2D eigenvalue weighted by Gasteiger charge is -2.25. The molecular formula is C29H29FN2O6S. The van der Waals surface area contributed by atoms with Crippen LogP contribution in [0.15, 0.2) is 83.8 Å². The van der Waals surface area contributed by atoms with Crippen LogP contribution in [0.3, 0.4) is 0 Å². The monoisotopic (exact) mass is 552 g/mol. The van der Waals surface area contributed by atoms with Crippen molar-refractivity contribution in [3.63, 3.8) is 0 Å². The first-order valence-corrected chi connectivity index (χ1v) is 14.0. The molecule has 0 radical (unpaired) electrons. The number of rotatable bonds is 8. The Morgan fingerprint density at radius 2 is 1.59 bits per heavy atom. The van der Waals surface area contributed by atoms with Crippen LogP contribution in [0.5, 0.6) is 0 Å². The summed E-state index contributed by atoms with van der Waals surface area (Å²) in [6.07, 6.45) is 1.93. The molecule has 1 heterocycles. The Kier molecular flexibility index (Phi) is 8.78. The Bertz CT molecular complexity index is 1570. The number of fused-ring (bicyclic) bond motifs is 3. The number of aromatic nitrogens is 1. The molecule has 1 aliphatic rings. The van der Waals surface area contributed by atoms with Gasteiger partial charge in [-0.15, -0.1) is 0 Å². The molecule has 204 valence electrons. The molecule has 0 saturated carbocycles. The van der Waals surface area contributed by atoms with E-state index in [0.29, 0.717) is 25.8 Å². The highest BCUT2D eigenvalue weighted by molar-refractivity contribution is 7.89. The van der Waals surface area contributed by atoms with E-state index < -0.39 is 27.8 Å². The van der Waals surface area contributed by atoms with Crippen LogP contribution in [0.1, 0.15) is 29.7 Å². The van der Waals surface area contributed by atoms with Crippen molar-refractivity contribution in [2.24, 2.45) is 0 Å². The average Bonchev–Trinajstić information content (AvgIpc) is 3.21. The molecule has 0 saturated heterocycles. The molecule has 3 aromatic carbocycles. The zero-order chi connectivity index (χ0) is 28.0. The number of hydrogen-bond donors (Lipinski definition) is 3. The van der Waals surface area contributed by atoms with Crippen molar-refractivity contribution in [3.05, 3.63) is 102 Å². The molecule has 0 amide bonds. The Morgan fingerprint density at radius 1 is 0.923 bits per heavy atom. The summed E-state index contributed by atoms with van der Waals surface area (Å²) in [5.41, 5.74) is 3.95. The molecule has 8 nitrogen and oxygen atoms in total. The molecule has 1 aliphatic carbocycles. The lowest BCUT2D eigenvalue weighted by molar-refractivity contribution is -0.137. The van der Waals surface area contributed by atoms with Gasteiger partial charge in [0.1, 0.15) is 5.82 Å². The second kappa shape index (κ2) is 12.2. The molecule has 0 spiro atoms. The maximum Gasteiger partial charge on any atom is 0.307 e. The molecule has 0 fully saturated rings. The number of hydrogen-bond acceptors (Lipinski definition) is 4. The van der Waals surface area contributed by atoms with Crippen molar-refractivity contribution in [1.29, 1.82) is 0 Å². The number of aryl methyl sites for hydroxylation is 1. The van der Waals surface area contributed by atoms with Crippen molar-refractivity contribution in [2.45, 2.75) is 49.6 Å². The van der Waals surface area contributed by atoms with Gasteiger partial charge in [-0.25, -0.2) is 17.5 Å². The first-order valence-electron chi connectivity index (χ1n) is 12.5. The topological polar surface area (TPSA) is 126 Å². The van der Waals surface area contributed by atoms with Gasteiger partial charge in [-0.3, -0.25) is 9.59 Å². The van der Waals surface area contributed by atoms with E-state index >= 15 is 0 Å². The molecule has 4 aromatic rings. The van der Waals surface area contributed by atoms with Crippen LogP contribution in [0.4, 0.5) is 4.39 Å². The van der Waals surface area contributed by atoms with Crippen LogP contribution in [0.25, 0.3) is 10.9 Å². The number of nitrogens with zero attached hydrogens (tertiary/aromatic N) is 1. The van der Waals surface area contributed by atoms with Gasteiger partial charge in [-0.05, 0) is 60.7 Å². The van der Waals surface area contributed by atoms with E-state index in [1.165, 1.54) is 12.1 Å². The highest BCUT2D eigenvalue weighted by Gasteiger charge is 2.28. The Hall–Kier alpha value is -4.02. The highest BCUT2D eigenvalue weighted by atomic mass is 32.2. The molecule has 39 heavy (non-hydrogen) atoms. The first kappa shape index (κ1) is 28.0. The normalized spacial score (nSPS) is 14.7. The molecule has 0 unspecified atom stereocenters. The van der Waals surface area contributed by atoms with Crippen LogP contribution in [0, 0.1) is 5.82 Å². The third-order valence-corrected chi connectivity index (χ3v) is 8.10. The zero-order valence-corrected chi connectivity index (χ0v) is 21.9. The fraction of sp³-hybridized carbons (Fsp3) is 0.241. The van der Waals surface area contributed by atoms with Gasteiger partial charge in [0.05, 0.1) is 17.7 Å².